The zero-order valence-electron chi connectivity index (χ0n) is 9.81. The molecule has 0 aliphatic carbocycles. The van der Waals surface area contributed by atoms with Crippen LogP contribution in [0.3, 0.4) is 0 Å². The Bertz CT molecular complexity index is 577. The maximum atomic E-state index is 5.85. The Balaban J connectivity index is 1.76. The molecule has 0 aromatic carbocycles. The van der Waals surface area contributed by atoms with E-state index in [4.69, 9.17) is 4.42 Å². The minimum atomic E-state index is 0.447. The van der Waals surface area contributed by atoms with Crippen LogP contribution in [0.4, 0.5) is 0 Å². The van der Waals surface area contributed by atoms with Gasteiger partial charge in [0.1, 0.15) is 0 Å². The maximum Gasteiger partial charge on any atom is 0.201 e. The molecule has 2 aliphatic heterocycles. The van der Waals surface area contributed by atoms with E-state index < -0.39 is 0 Å². The number of hydrogen-bond donors (Lipinski definition) is 1. The van der Waals surface area contributed by atoms with E-state index in [1.165, 1.54) is 12.8 Å². The molecule has 3 atom stereocenters. The second-order valence-electron chi connectivity index (χ2n) is 5.22. The monoisotopic (exact) mass is 229 g/mol. The largest absolute Gasteiger partial charge is 0.439 e. The summed E-state index contributed by atoms with van der Waals surface area (Å²) in [4.78, 5) is 8.96. The Hall–Kier alpha value is -1.42. The van der Waals surface area contributed by atoms with Crippen LogP contribution in [0.1, 0.15) is 36.8 Å². The molecule has 17 heavy (non-hydrogen) atoms. The average molecular weight is 229 g/mol. The second-order valence-corrected chi connectivity index (χ2v) is 5.22. The lowest BCUT2D eigenvalue weighted by Crippen LogP contribution is -2.21. The minimum absolute atomic E-state index is 0.447. The van der Waals surface area contributed by atoms with Crippen LogP contribution in [0.5, 0.6) is 0 Å². The summed E-state index contributed by atoms with van der Waals surface area (Å²) >= 11 is 0. The van der Waals surface area contributed by atoms with Gasteiger partial charge >= 0.3 is 0 Å². The average Bonchev–Trinajstić information content (AvgIpc) is 3.01. The van der Waals surface area contributed by atoms with Gasteiger partial charge in [-0.2, -0.15) is 4.98 Å². The molecule has 0 spiro atoms. The van der Waals surface area contributed by atoms with Crippen LogP contribution >= 0.6 is 0 Å². The van der Waals surface area contributed by atoms with Crippen molar-refractivity contribution in [1.82, 2.24) is 15.3 Å². The molecular weight excluding hydrogens is 214 g/mol. The summed E-state index contributed by atoms with van der Waals surface area (Å²) in [6.07, 6.45) is 3.72. The summed E-state index contributed by atoms with van der Waals surface area (Å²) in [7, 11) is 0. The summed E-state index contributed by atoms with van der Waals surface area (Å²) in [6.45, 7) is 1.98. The molecule has 3 unspecified atom stereocenters. The summed E-state index contributed by atoms with van der Waals surface area (Å²) in [6, 6.07) is 5.18. The highest BCUT2D eigenvalue weighted by Gasteiger charge is 2.42. The van der Waals surface area contributed by atoms with Crippen molar-refractivity contribution in [3.8, 4) is 0 Å². The molecule has 2 aromatic heterocycles. The van der Waals surface area contributed by atoms with Gasteiger partial charge in [-0.15, -0.1) is 0 Å². The van der Waals surface area contributed by atoms with Gasteiger partial charge in [0.25, 0.3) is 0 Å². The fourth-order valence-corrected chi connectivity index (χ4v) is 3.19. The number of oxazole rings is 1. The van der Waals surface area contributed by atoms with E-state index in [1.54, 1.807) is 0 Å². The number of pyridine rings is 1. The number of aromatic nitrogens is 2. The topological polar surface area (TPSA) is 51.0 Å². The van der Waals surface area contributed by atoms with Crippen LogP contribution in [-0.4, -0.2) is 22.1 Å². The number of rotatable bonds is 1. The standard InChI is InChI=1S/C13H15N3O/c1-7-2-5-11-12(14-7)16-13(17-11)9-6-8-3-4-10(9)15-8/h2,5,8-10,15H,3-4,6H2,1H3. The predicted octanol–water partition coefficient (Wildman–Crippen LogP) is 2.14. The van der Waals surface area contributed by atoms with E-state index in [9.17, 15) is 0 Å². The molecule has 88 valence electrons. The molecule has 4 rings (SSSR count). The van der Waals surface area contributed by atoms with E-state index >= 15 is 0 Å². The first-order valence-corrected chi connectivity index (χ1v) is 6.30. The van der Waals surface area contributed by atoms with Crippen LogP contribution in [0.2, 0.25) is 0 Å². The first-order chi connectivity index (χ1) is 8.29. The molecule has 0 radical (unpaired) electrons. The first kappa shape index (κ1) is 9.59. The Morgan fingerprint density at radius 2 is 2.24 bits per heavy atom. The Kier molecular flexibility index (Phi) is 1.86. The predicted molar refractivity (Wildman–Crippen MR) is 63.8 cm³/mol. The third-order valence-electron chi connectivity index (χ3n) is 4.03. The van der Waals surface area contributed by atoms with Crippen molar-refractivity contribution < 1.29 is 4.42 Å². The fraction of sp³-hybridized carbons (Fsp3) is 0.538. The lowest BCUT2D eigenvalue weighted by Gasteiger charge is -2.15. The molecule has 0 amide bonds. The molecule has 2 saturated heterocycles. The molecule has 4 heterocycles. The highest BCUT2D eigenvalue weighted by molar-refractivity contribution is 5.67. The van der Waals surface area contributed by atoms with Crippen LogP contribution in [0, 0.1) is 6.92 Å². The quantitative estimate of drug-likeness (QED) is 0.814. The number of nitrogens with zero attached hydrogens (tertiary/aromatic N) is 2. The van der Waals surface area contributed by atoms with Crippen LogP contribution in [0.25, 0.3) is 11.2 Å². The van der Waals surface area contributed by atoms with E-state index in [0.29, 0.717) is 18.0 Å². The van der Waals surface area contributed by atoms with Crippen LogP contribution < -0.4 is 5.32 Å². The summed E-state index contributed by atoms with van der Waals surface area (Å²) in [5.41, 5.74) is 2.56. The van der Waals surface area contributed by atoms with Gasteiger partial charge in [0.15, 0.2) is 11.2 Å². The highest BCUT2D eigenvalue weighted by Crippen LogP contribution is 2.40. The molecular formula is C13H15N3O. The third-order valence-corrected chi connectivity index (χ3v) is 4.03. The summed E-state index contributed by atoms with van der Waals surface area (Å²) < 4.78 is 5.85. The van der Waals surface area contributed by atoms with E-state index in [2.05, 4.69) is 15.3 Å². The Morgan fingerprint density at radius 1 is 1.29 bits per heavy atom. The van der Waals surface area contributed by atoms with Crippen LogP contribution in [0.15, 0.2) is 16.5 Å². The molecule has 2 bridgehead atoms. The van der Waals surface area contributed by atoms with Crippen molar-refractivity contribution in [3.63, 3.8) is 0 Å². The maximum absolute atomic E-state index is 5.85. The van der Waals surface area contributed by atoms with Gasteiger partial charge in [0, 0.05) is 17.8 Å². The Morgan fingerprint density at radius 3 is 3.00 bits per heavy atom. The zero-order chi connectivity index (χ0) is 11.4. The number of nitrogens with one attached hydrogen (secondary N) is 1. The fourth-order valence-electron chi connectivity index (χ4n) is 3.19. The van der Waals surface area contributed by atoms with Crippen molar-refractivity contribution >= 4 is 11.2 Å². The lowest BCUT2D eigenvalue weighted by atomic mass is 9.89. The van der Waals surface area contributed by atoms with Gasteiger partial charge in [0.05, 0.1) is 5.92 Å². The van der Waals surface area contributed by atoms with E-state index in [-0.39, 0.29) is 0 Å². The highest BCUT2D eigenvalue weighted by atomic mass is 16.3. The molecule has 0 saturated carbocycles. The van der Waals surface area contributed by atoms with E-state index in [0.717, 1.165) is 29.2 Å². The molecule has 4 heteroatoms. The van der Waals surface area contributed by atoms with Gasteiger partial charge in [-0.25, -0.2) is 4.98 Å². The SMILES string of the molecule is Cc1ccc2oc(C3CC4CCC3N4)nc2n1. The van der Waals surface area contributed by atoms with Gasteiger partial charge in [-0.3, -0.25) is 0 Å². The normalized spacial score (nSPS) is 31.5. The number of fused-ring (bicyclic) bond motifs is 3. The first-order valence-electron chi connectivity index (χ1n) is 6.30. The molecule has 2 fully saturated rings. The second kappa shape index (κ2) is 3.29. The number of aryl methyl sites for hydroxylation is 1. The summed E-state index contributed by atoms with van der Waals surface area (Å²) in [5.74, 6) is 1.32. The van der Waals surface area contributed by atoms with E-state index in [1.807, 2.05) is 19.1 Å². The molecule has 2 aromatic rings. The smallest absolute Gasteiger partial charge is 0.201 e. The minimum Gasteiger partial charge on any atom is -0.439 e. The van der Waals surface area contributed by atoms with Crippen molar-refractivity contribution in [2.45, 2.75) is 44.2 Å². The zero-order valence-corrected chi connectivity index (χ0v) is 9.81. The Labute approximate surface area is 99.4 Å². The van der Waals surface area contributed by atoms with Gasteiger partial charge in [-0.05, 0) is 38.3 Å². The van der Waals surface area contributed by atoms with Gasteiger partial charge < -0.3 is 9.73 Å². The van der Waals surface area contributed by atoms with Gasteiger partial charge in [0.2, 0.25) is 5.89 Å². The van der Waals surface area contributed by atoms with Crippen molar-refractivity contribution in [2.75, 3.05) is 0 Å². The van der Waals surface area contributed by atoms with Crippen molar-refractivity contribution in [1.29, 1.82) is 0 Å². The molecule has 4 nitrogen and oxygen atoms in total. The lowest BCUT2D eigenvalue weighted by molar-refractivity contribution is 0.408. The third kappa shape index (κ3) is 1.40. The van der Waals surface area contributed by atoms with Crippen LogP contribution in [-0.2, 0) is 0 Å². The molecule has 1 N–H and O–H groups in total. The number of hydrogen-bond acceptors (Lipinski definition) is 4. The van der Waals surface area contributed by atoms with Crippen molar-refractivity contribution in [3.05, 3.63) is 23.7 Å². The molecule has 2 aliphatic rings. The summed E-state index contributed by atoms with van der Waals surface area (Å²) in [5, 5.41) is 3.61. The van der Waals surface area contributed by atoms with Gasteiger partial charge in [-0.1, -0.05) is 0 Å². The van der Waals surface area contributed by atoms with Crippen molar-refractivity contribution in [2.24, 2.45) is 0 Å².